The van der Waals surface area contributed by atoms with E-state index in [0.717, 1.165) is 28.4 Å². The summed E-state index contributed by atoms with van der Waals surface area (Å²) in [6.45, 7) is 0. The van der Waals surface area contributed by atoms with E-state index in [4.69, 9.17) is 4.74 Å². The monoisotopic (exact) mass is 287 g/mol. The second-order valence-electron chi connectivity index (χ2n) is 4.91. The Morgan fingerprint density at radius 2 is 1.77 bits per heavy atom. The standard InChI is InChI=1S/C18H13N3O/c1-2-11-21-13-17(20-18(21)5-1)14-6-8-15(9-7-14)22-16-4-3-10-19-12-16/h1-13H. The van der Waals surface area contributed by atoms with Crippen LogP contribution in [-0.4, -0.2) is 14.4 Å². The van der Waals surface area contributed by atoms with Crippen LogP contribution in [0.2, 0.25) is 0 Å². The molecule has 0 amide bonds. The zero-order chi connectivity index (χ0) is 14.8. The van der Waals surface area contributed by atoms with Crippen molar-refractivity contribution in [3.05, 3.63) is 79.4 Å². The van der Waals surface area contributed by atoms with Gasteiger partial charge in [0.15, 0.2) is 0 Å². The molecular formula is C18H13N3O. The minimum absolute atomic E-state index is 0.725. The molecule has 0 bridgehead atoms. The predicted molar refractivity (Wildman–Crippen MR) is 84.9 cm³/mol. The molecule has 22 heavy (non-hydrogen) atoms. The highest BCUT2D eigenvalue weighted by molar-refractivity contribution is 5.63. The number of fused-ring (bicyclic) bond motifs is 1. The molecule has 0 saturated carbocycles. The lowest BCUT2D eigenvalue weighted by Gasteiger charge is -2.05. The van der Waals surface area contributed by atoms with Gasteiger partial charge < -0.3 is 9.14 Å². The lowest BCUT2D eigenvalue weighted by Crippen LogP contribution is -1.85. The molecule has 0 unspecified atom stereocenters. The van der Waals surface area contributed by atoms with Crippen molar-refractivity contribution >= 4 is 5.65 Å². The summed E-state index contributed by atoms with van der Waals surface area (Å²) >= 11 is 0. The number of pyridine rings is 2. The van der Waals surface area contributed by atoms with E-state index < -0.39 is 0 Å². The van der Waals surface area contributed by atoms with Gasteiger partial charge >= 0.3 is 0 Å². The zero-order valence-electron chi connectivity index (χ0n) is 11.8. The molecule has 106 valence electrons. The number of imidazole rings is 1. The fourth-order valence-corrected chi connectivity index (χ4v) is 2.31. The quantitative estimate of drug-likeness (QED) is 0.567. The molecule has 0 N–H and O–H groups in total. The van der Waals surface area contributed by atoms with Gasteiger partial charge in [-0.25, -0.2) is 4.98 Å². The van der Waals surface area contributed by atoms with Gasteiger partial charge in [0.25, 0.3) is 0 Å². The van der Waals surface area contributed by atoms with Crippen molar-refractivity contribution in [2.24, 2.45) is 0 Å². The van der Waals surface area contributed by atoms with E-state index in [1.54, 1.807) is 12.4 Å². The van der Waals surface area contributed by atoms with Crippen LogP contribution in [0, 0.1) is 0 Å². The molecule has 0 saturated heterocycles. The molecule has 4 heteroatoms. The van der Waals surface area contributed by atoms with E-state index in [0.29, 0.717) is 0 Å². The van der Waals surface area contributed by atoms with Crippen molar-refractivity contribution < 1.29 is 4.74 Å². The highest BCUT2D eigenvalue weighted by Crippen LogP contribution is 2.25. The summed E-state index contributed by atoms with van der Waals surface area (Å²) in [6, 6.07) is 17.6. The third kappa shape index (κ3) is 2.42. The number of benzene rings is 1. The largest absolute Gasteiger partial charge is 0.456 e. The average molecular weight is 287 g/mol. The van der Waals surface area contributed by atoms with Crippen LogP contribution < -0.4 is 4.74 Å². The normalized spacial score (nSPS) is 10.7. The molecule has 4 rings (SSSR count). The van der Waals surface area contributed by atoms with Crippen molar-refractivity contribution in [1.82, 2.24) is 14.4 Å². The maximum atomic E-state index is 5.74. The van der Waals surface area contributed by atoms with Crippen molar-refractivity contribution in [3.8, 4) is 22.8 Å². The topological polar surface area (TPSA) is 39.4 Å². The minimum Gasteiger partial charge on any atom is -0.456 e. The van der Waals surface area contributed by atoms with Gasteiger partial charge in [0.2, 0.25) is 0 Å². The first-order valence-corrected chi connectivity index (χ1v) is 7.00. The molecule has 3 heterocycles. The molecule has 0 aliphatic carbocycles. The Labute approximate surface area is 127 Å². The van der Waals surface area contributed by atoms with Crippen molar-refractivity contribution in [3.63, 3.8) is 0 Å². The van der Waals surface area contributed by atoms with Gasteiger partial charge in [-0.05, 0) is 48.5 Å². The number of hydrogen-bond donors (Lipinski definition) is 0. The fraction of sp³-hybridized carbons (Fsp3) is 0. The van der Waals surface area contributed by atoms with Crippen molar-refractivity contribution in [2.75, 3.05) is 0 Å². The van der Waals surface area contributed by atoms with E-state index in [9.17, 15) is 0 Å². The summed E-state index contributed by atoms with van der Waals surface area (Å²) in [4.78, 5) is 8.64. The lowest BCUT2D eigenvalue weighted by atomic mass is 10.2. The second-order valence-corrected chi connectivity index (χ2v) is 4.91. The molecule has 4 nitrogen and oxygen atoms in total. The van der Waals surface area contributed by atoms with Crippen LogP contribution in [0.15, 0.2) is 79.4 Å². The maximum absolute atomic E-state index is 5.74. The summed E-state index contributed by atoms with van der Waals surface area (Å²) in [5.74, 6) is 1.50. The van der Waals surface area contributed by atoms with Gasteiger partial charge in [0, 0.05) is 24.2 Å². The molecular weight excluding hydrogens is 274 g/mol. The Morgan fingerprint density at radius 1 is 0.864 bits per heavy atom. The van der Waals surface area contributed by atoms with Gasteiger partial charge in [-0.2, -0.15) is 0 Å². The van der Waals surface area contributed by atoms with Crippen LogP contribution >= 0.6 is 0 Å². The molecule has 3 aromatic heterocycles. The average Bonchev–Trinajstić information content (AvgIpc) is 3.00. The Balaban J connectivity index is 1.61. The molecule has 0 spiro atoms. The van der Waals surface area contributed by atoms with E-state index in [1.807, 2.05) is 71.4 Å². The molecule has 1 aromatic carbocycles. The van der Waals surface area contributed by atoms with E-state index in [2.05, 4.69) is 9.97 Å². The number of rotatable bonds is 3. The van der Waals surface area contributed by atoms with Crippen LogP contribution in [0.5, 0.6) is 11.5 Å². The predicted octanol–water partition coefficient (Wildman–Crippen LogP) is 4.19. The number of hydrogen-bond acceptors (Lipinski definition) is 3. The SMILES string of the molecule is c1cncc(Oc2ccc(-c3cn4ccccc4n3)cc2)c1. The lowest BCUT2D eigenvalue weighted by molar-refractivity contribution is 0.480. The van der Waals surface area contributed by atoms with E-state index in [-0.39, 0.29) is 0 Å². The molecule has 4 aromatic rings. The zero-order valence-corrected chi connectivity index (χ0v) is 11.8. The summed E-state index contributed by atoms with van der Waals surface area (Å²) in [5, 5.41) is 0. The smallest absolute Gasteiger partial charge is 0.145 e. The molecule has 0 fully saturated rings. The first kappa shape index (κ1) is 12.6. The minimum atomic E-state index is 0.725. The molecule has 0 radical (unpaired) electrons. The van der Waals surface area contributed by atoms with Gasteiger partial charge in [-0.15, -0.1) is 0 Å². The van der Waals surface area contributed by atoms with Crippen molar-refractivity contribution in [2.45, 2.75) is 0 Å². The van der Waals surface area contributed by atoms with E-state index in [1.165, 1.54) is 0 Å². The summed E-state index contributed by atoms with van der Waals surface area (Å²) < 4.78 is 7.75. The van der Waals surface area contributed by atoms with Gasteiger partial charge in [-0.1, -0.05) is 6.07 Å². The molecule has 0 atom stereocenters. The van der Waals surface area contributed by atoms with Crippen LogP contribution in [0.1, 0.15) is 0 Å². The van der Waals surface area contributed by atoms with Crippen LogP contribution in [0.3, 0.4) is 0 Å². The van der Waals surface area contributed by atoms with Crippen LogP contribution in [-0.2, 0) is 0 Å². The highest BCUT2D eigenvalue weighted by atomic mass is 16.5. The third-order valence-electron chi connectivity index (χ3n) is 3.38. The van der Waals surface area contributed by atoms with Crippen LogP contribution in [0.25, 0.3) is 16.9 Å². The fourth-order valence-electron chi connectivity index (χ4n) is 2.31. The molecule has 0 aliphatic rings. The second kappa shape index (κ2) is 5.33. The van der Waals surface area contributed by atoms with E-state index >= 15 is 0 Å². The summed E-state index contributed by atoms with van der Waals surface area (Å²) in [5.41, 5.74) is 2.94. The first-order valence-electron chi connectivity index (χ1n) is 7.00. The first-order chi connectivity index (χ1) is 10.9. The Hall–Kier alpha value is -3.14. The Morgan fingerprint density at radius 3 is 2.55 bits per heavy atom. The maximum Gasteiger partial charge on any atom is 0.145 e. The molecule has 0 aliphatic heterocycles. The van der Waals surface area contributed by atoms with Gasteiger partial charge in [0.1, 0.15) is 17.1 Å². The summed E-state index contributed by atoms with van der Waals surface area (Å²) in [6.07, 6.45) is 7.42. The Kier molecular flexibility index (Phi) is 3.05. The van der Waals surface area contributed by atoms with Crippen LogP contribution in [0.4, 0.5) is 0 Å². The number of ether oxygens (including phenoxy) is 1. The number of aromatic nitrogens is 3. The van der Waals surface area contributed by atoms with Gasteiger partial charge in [0.05, 0.1) is 11.9 Å². The van der Waals surface area contributed by atoms with Gasteiger partial charge in [-0.3, -0.25) is 4.98 Å². The number of nitrogens with zero attached hydrogens (tertiary/aromatic N) is 3. The van der Waals surface area contributed by atoms with Crippen molar-refractivity contribution in [1.29, 1.82) is 0 Å². The third-order valence-corrected chi connectivity index (χ3v) is 3.38. The summed E-state index contributed by atoms with van der Waals surface area (Å²) in [7, 11) is 0. The highest BCUT2D eigenvalue weighted by Gasteiger charge is 2.04. The Bertz CT molecular complexity index is 865.